The highest BCUT2D eigenvalue weighted by molar-refractivity contribution is 5.94. The molecule has 6 nitrogen and oxygen atoms in total. The first kappa shape index (κ1) is 20.1. The van der Waals surface area contributed by atoms with Crippen LogP contribution in [0.25, 0.3) is 0 Å². The number of benzene rings is 1. The van der Waals surface area contributed by atoms with Crippen molar-refractivity contribution in [3.63, 3.8) is 0 Å². The van der Waals surface area contributed by atoms with Crippen molar-refractivity contribution in [2.24, 2.45) is 5.92 Å². The van der Waals surface area contributed by atoms with E-state index in [-0.39, 0.29) is 22.6 Å². The Balaban J connectivity index is 0.000000705. The number of rotatable bonds is 3. The minimum absolute atomic E-state index is 0.0252. The van der Waals surface area contributed by atoms with E-state index in [9.17, 15) is 29.0 Å². The molecule has 0 saturated heterocycles. The lowest BCUT2D eigenvalue weighted by Gasteiger charge is -2.35. The molecule has 2 atom stereocenters. The number of ketones is 1. The predicted octanol–water partition coefficient (Wildman–Crippen LogP) is 2.54. The maximum Gasteiger partial charge on any atom is 0.331 e. The van der Waals surface area contributed by atoms with Gasteiger partial charge in [0.2, 0.25) is 0 Å². The summed E-state index contributed by atoms with van der Waals surface area (Å²) in [5.41, 5.74) is 3.94. The zero-order valence-corrected chi connectivity index (χ0v) is 14.1. The molecular weight excluding hydrogens is 329 g/mol. The third kappa shape index (κ3) is 4.12. The van der Waals surface area contributed by atoms with E-state index in [1.165, 1.54) is 51.1 Å². The summed E-state index contributed by atoms with van der Waals surface area (Å²) in [7, 11) is 0. The Morgan fingerprint density at radius 1 is 1.20 bits per heavy atom. The van der Waals surface area contributed by atoms with Gasteiger partial charge in [-0.15, -0.1) is 0 Å². The van der Waals surface area contributed by atoms with Crippen molar-refractivity contribution < 1.29 is 29.0 Å². The zero-order valence-electron chi connectivity index (χ0n) is 14.1. The van der Waals surface area contributed by atoms with Gasteiger partial charge >= 0.3 is 11.9 Å². The fourth-order valence-corrected chi connectivity index (χ4v) is 2.62. The summed E-state index contributed by atoms with van der Waals surface area (Å²) in [5, 5.41) is 18.9. The van der Waals surface area contributed by atoms with Gasteiger partial charge in [0, 0.05) is 11.5 Å². The van der Waals surface area contributed by atoms with Crippen LogP contribution in [0.1, 0.15) is 26.3 Å². The van der Waals surface area contributed by atoms with Crippen LogP contribution in [0.4, 0.5) is 10.1 Å². The number of Topliss-reactive ketones (excluding diaryl/α,β-unsaturated/α-hetero) is 1. The first-order valence-corrected chi connectivity index (χ1v) is 7.42. The lowest BCUT2D eigenvalue weighted by molar-refractivity contribution is -0.143. The fraction of sp³-hybridized carbons (Fsp3) is 0.278. The van der Waals surface area contributed by atoms with Gasteiger partial charge in [0.05, 0.1) is 5.69 Å². The lowest BCUT2D eigenvalue weighted by Crippen LogP contribution is -2.43. The predicted molar refractivity (Wildman–Crippen MR) is 90.5 cm³/mol. The molecule has 0 fully saturated rings. The third-order valence-electron chi connectivity index (χ3n) is 3.86. The molecule has 0 amide bonds. The minimum atomic E-state index is -1.59. The molecule has 1 aromatic rings. The molecule has 25 heavy (non-hydrogen) atoms. The van der Waals surface area contributed by atoms with Gasteiger partial charge in [0.1, 0.15) is 17.0 Å². The number of carboxylic acids is 2. The number of allylic oxidation sites excluding steroid dienone is 2. The Bertz CT molecular complexity index is 765. The molecule has 7 heteroatoms. The van der Waals surface area contributed by atoms with Crippen molar-refractivity contribution in [1.82, 2.24) is 0 Å². The zero-order chi connectivity index (χ0) is 19.4. The number of halogens is 1. The summed E-state index contributed by atoms with van der Waals surface area (Å²) in [4.78, 5) is 32.5. The molecule has 0 heterocycles. The smallest absolute Gasteiger partial charge is 0.331 e. The molecule has 2 unspecified atom stereocenters. The standard InChI is InChI=1S/C15H14FNO4.C3H6O/c1-8-10(13(18)19)3-2-6-15(8,14(20)21)9-4-5-11(16)12(17)7-9;1-3(2)4/h2-8H,17H2,1H3,(H,18,19)(H,20,21);1-2H3. The highest BCUT2D eigenvalue weighted by Crippen LogP contribution is 2.41. The Morgan fingerprint density at radius 3 is 2.20 bits per heavy atom. The van der Waals surface area contributed by atoms with Crippen molar-refractivity contribution in [1.29, 1.82) is 0 Å². The Kier molecular flexibility index (Phi) is 6.22. The molecule has 1 aliphatic carbocycles. The highest BCUT2D eigenvalue weighted by Gasteiger charge is 2.47. The van der Waals surface area contributed by atoms with Crippen LogP contribution < -0.4 is 5.73 Å². The maximum atomic E-state index is 13.3. The number of carboxylic acid groups (broad SMARTS) is 2. The topological polar surface area (TPSA) is 118 Å². The van der Waals surface area contributed by atoms with Crippen LogP contribution in [-0.4, -0.2) is 27.9 Å². The van der Waals surface area contributed by atoms with E-state index in [0.717, 1.165) is 6.07 Å². The molecule has 4 N–H and O–H groups in total. The maximum absolute atomic E-state index is 13.3. The van der Waals surface area contributed by atoms with Gasteiger partial charge in [-0.25, -0.2) is 9.18 Å². The second-order valence-electron chi connectivity index (χ2n) is 5.83. The fourth-order valence-electron chi connectivity index (χ4n) is 2.62. The second-order valence-corrected chi connectivity index (χ2v) is 5.83. The monoisotopic (exact) mass is 349 g/mol. The van der Waals surface area contributed by atoms with Crippen molar-refractivity contribution in [3.8, 4) is 0 Å². The molecule has 2 rings (SSSR count). The van der Waals surface area contributed by atoms with E-state index < -0.39 is 29.1 Å². The van der Waals surface area contributed by atoms with Gasteiger partial charge in [0.15, 0.2) is 0 Å². The van der Waals surface area contributed by atoms with E-state index in [1.807, 2.05) is 0 Å². The molecule has 1 aromatic carbocycles. The van der Waals surface area contributed by atoms with Gasteiger partial charge in [-0.05, 0) is 31.5 Å². The number of anilines is 1. The number of nitrogen functional groups attached to an aromatic ring is 1. The van der Waals surface area contributed by atoms with Gasteiger partial charge in [-0.3, -0.25) is 4.79 Å². The summed E-state index contributed by atoms with van der Waals surface area (Å²) in [6.45, 7) is 4.57. The normalized spacial score (nSPS) is 21.6. The quantitative estimate of drug-likeness (QED) is 0.722. The van der Waals surface area contributed by atoms with Crippen LogP contribution in [-0.2, 0) is 19.8 Å². The van der Waals surface area contributed by atoms with Crippen LogP contribution in [0, 0.1) is 11.7 Å². The van der Waals surface area contributed by atoms with Gasteiger partial charge in [-0.1, -0.05) is 31.2 Å². The molecule has 0 radical (unpaired) electrons. The number of nitrogens with two attached hydrogens (primary N) is 1. The van der Waals surface area contributed by atoms with E-state index in [2.05, 4.69) is 0 Å². The molecule has 0 spiro atoms. The van der Waals surface area contributed by atoms with Crippen molar-refractivity contribution in [2.75, 3.05) is 5.73 Å². The van der Waals surface area contributed by atoms with Crippen molar-refractivity contribution >= 4 is 23.4 Å². The van der Waals surface area contributed by atoms with Crippen molar-refractivity contribution in [2.45, 2.75) is 26.2 Å². The second kappa shape index (κ2) is 7.74. The minimum Gasteiger partial charge on any atom is -0.480 e. The number of carbonyl (C=O) groups is 3. The summed E-state index contributed by atoms with van der Waals surface area (Å²) < 4.78 is 13.3. The van der Waals surface area contributed by atoms with Crippen LogP contribution in [0.2, 0.25) is 0 Å². The van der Waals surface area contributed by atoms with Gasteiger partial charge in [0.25, 0.3) is 0 Å². The lowest BCUT2D eigenvalue weighted by atomic mass is 9.66. The molecule has 0 bridgehead atoms. The van der Waals surface area contributed by atoms with Gasteiger partial charge in [-0.2, -0.15) is 0 Å². The SMILES string of the molecule is CC(C)=O.CC1C(C(=O)O)=CC=CC1(C(=O)O)c1ccc(F)c(N)c1. The van der Waals surface area contributed by atoms with E-state index in [1.54, 1.807) is 0 Å². The average Bonchev–Trinajstić information content (AvgIpc) is 2.49. The van der Waals surface area contributed by atoms with E-state index in [4.69, 9.17) is 5.73 Å². The summed E-state index contributed by atoms with van der Waals surface area (Å²) >= 11 is 0. The Hall–Kier alpha value is -2.96. The average molecular weight is 349 g/mol. The van der Waals surface area contributed by atoms with Gasteiger partial charge < -0.3 is 20.7 Å². The van der Waals surface area contributed by atoms with E-state index in [0.29, 0.717) is 0 Å². The Labute approximate surface area is 144 Å². The summed E-state index contributed by atoms with van der Waals surface area (Å²) in [6, 6.07) is 3.62. The van der Waals surface area contributed by atoms with Crippen LogP contribution >= 0.6 is 0 Å². The molecule has 0 aromatic heterocycles. The number of hydrogen-bond acceptors (Lipinski definition) is 4. The summed E-state index contributed by atoms with van der Waals surface area (Å²) in [5.74, 6) is -3.72. The molecule has 0 saturated carbocycles. The highest BCUT2D eigenvalue weighted by atomic mass is 19.1. The van der Waals surface area contributed by atoms with Crippen LogP contribution in [0.5, 0.6) is 0 Å². The van der Waals surface area contributed by atoms with Crippen LogP contribution in [0.3, 0.4) is 0 Å². The molecule has 1 aliphatic rings. The van der Waals surface area contributed by atoms with E-state index >= 15 is 0 Å². The number of carbonyl (C=O) groups excluding carboxylic acids is 1. The Morgan fingerprint density at radius 2 is 1.76 bits per heavy atom. The molecular formula is C18H20FNO5. The van der Waals surface area contributed by atoms with Crippen molar-refractivity contribution in [3.05, 3.63) is 53.4 Å². The molecule has 134 valence electrons. The number of aliphatic carboxylic acids is 2. The summed E-state index contributed by atoms with van der Waals surface area (Å²) in [6.07, 6.45) is 4.15. The molecule has 0 aliphatic heterocycles. The first-order valence-electron chi connectivity index (χ1n) is 7.42. The largest absolute Gasteiger partial charge is 0.480 e. The number of hydrogen-bond donors (Lipinski definition) is 3. The first-order chi connectivity index (χ1) is 11.5. The van der Waals surface area contributed by atoms with Crippen LogP contribution in [0.15, 0.2) is 42.0 Å². The third-order valence-corrected chi connectivity index (χ3v) is 3.86.